The number of methoxy groups -OCH3 is 1. The number of sulfonamides is 1. The van der Waals surface area contributed by atoms with Gasteiger partial charge in [0.15, 0.2) is 0 Å². The molecule has 4 nitrogen and oxygen atoms in total. The number of hydrogen-bond donors (Lipinski definition) is 0. The van der Waals surface area contributed by atoms with Crippen LogP contribution in [0.1, 0.15) is 5.56 Å². The monoisotopic (exact) mass is 409 g/mol. The van der Waals surface area contributed by atoms with Gasteiger partial charge in [-0.05, 0) is 47.3 Å². The van der Waals surface area contributed by atoms with Crippen molar-refractivity contribution < 1.29 is 13.2 Å². The van der Waals surface area contributed by atoms with Gasteiger partial charge < -0.3 is 4.74 Å². The molecular weight excluding hydrogens is 390 g/mol. The van der Waals surface area contributed by atoms with E-state index in [0.29, 0.717) is 10.8 Å². The number of ether oxygens (including phenoxy) is 1. The van der Waals surface area contributed by atoms with E-state index in [1.807, 2.05) is 60.7 Å². The van der Waals surface area contributed by atoms with Crippen molar-refractivity contribution in [3.8, 4) is 5.75 Å². The fourth-order valence-corrected chi connectivity index (χ4v) is 5.77. The summed E-state index contributed by atoms with van der Waals surface area (Å²) in [5.41, 5.74) is 0.858. The van der Waals surface area contributed by atoms with Crippen molar-refractivity contribution in [1.29, 1.82) is 0 Å². The van der Waals surface area contributed by atoms with Gasteiger partial charge in [-0.3, -0.25) is 4.31 Å². The molecule has 0 aliphatic rings. The smallest absolute Gasteiger partial charge is 0.265 e. The first-order chi connectivity index (χ1) is 13.6. The Bertz CT molecular complexity index is 1170. The van der Waals surface area contributed by atoms with Gasteiger partial charge in [-0.2, -0.15) is 0 Å². The Morgan fingerprint density at radius 1 is 0.893 bits per heavy atom. The second-order valence-electron chi connectivity index (χ2n) is 6.30. The Morgan fingerprint density at radius 2 is 1.64 bits per heavy atom. The van der Waals surface area contributed by atoms with Crippen LogP contribution in [0.15, 0.2) is 89.8 Å². The first-order valence-electron chi connectivity index (χ1n) is 8.77. The summed E-state index contributed by atoms with van der Waals surface area (Å²) in [6.07, 6.45) is 0. The first-order valence-corrected chi connectivity index (χ1v) is 11.0. The summed E-state index contributed by atoms with van der Waals surface area (Å²) < 4.78 is 34.8. The summed E-state index contributed by atoms with van der Waals surface area (Å²) in [6.45, 7) is 0.223. The molecule has 6 heteroatoms. The highest BCUT2D eigenvalue weighted by Gasteiger charge is 2.26. The maximum atomic E-state index is 13.5. The maximum absolute atomic E-state index is 13.5. The molecule has 1 heterocycles. The van der Waals surface area contributed by atoms with Crippen molar-refractivity contribution in [1.82, 2.24) is 0 Å². The normalized spacial score (nSPS) is 11.5. The molecule has 0 fully saturated rings. The van der Waals surface area contributed by atoms with E-state index in [4.69, 9.17) is 4.74 Å². The van der Waals surface area contributed by atoms with Crippen LogP contribution >= 0.6 is 11.3 Å². The second kappa shape index (κ2) is 7.66. The molecule has 0 aliphatic carbocycles. The van der Waals surface area contributed by atoms with Crippen LogP contribution in [0.3, 0.4) is 0 Å². The summed E-state index contributed by atoms with van der Waals surface area (Å²) in [5.74, 6) is 0.700. The molecule has 0 spiro atoms. The molecule has 142 valence electrons. The van der Waals surface area contributed by atoms with Crippen molar-refractivity contribution in [3.05, 3.63) is 90.5 Å². The van der Waals surface area contributed by atoms with E-state index < -0.39 is 10.0 Å². The third-order valence-corrected chi connectivity index (χ3v) is 7.48. The molecule has 3 aromatic carbocycles. The van der Waals surface area contributed by atoms with Crippen LogP contribution in [-0.4, -0.2) is 15.5 Å². The highest BCUT2D eigenvalue weighted by Crippen LogP contribution is 2.36. The molecule has 1 aromatic heterocycles. The molecule has 0 amide bonds. The average molecular weight is 410 g/mol. The fraction of sp³-hybridized carbons (Fsp3) is 0.0909. The predicted molar refractivity (Wildman–Crippen MR) is 115 cm³/mol. The van der Waals surface area contributed by atoms with Gasteiger partial charge in [0.05, 0.1) is 18.6 Å². The number of fused-ring (bicyclic) bond motifs is 1. The Morgan fingerprint density at radius 3 is 2.39 bits per heavy atom. The van der Waals surface area contributed by atoms with Gasteiger partial charge in [0.2, 0.25) is 0 Å². The molecule has 0 aliphatic heterocycles. The molecule has 0 bridgehead atoms. The number of benzene rings is 3. The zero-order valence-corrected chi connectivity index (χ0v) is 16.9. The molecule has 4 rings (SSSR count). The van der Waals surface area contributed by atoms with Crippen molar-refractivity contribution in [2.75, 3.05) is 11.4 Å². The summed E-state index contributed by atoms with van der Waals surface area (Å²) in [6, 6.07) is 25.9. The van der Waals surface area contributed by atoms with Crippen molar-refractivity contribution >= 4 is 36.4 Å². The van der Waals surface area contributed by atoms with Gasteiger partial charge in [-0.1, -0.05) is 48.5 Å². The van der Waals surface area contributed by atoms with Crippen LogP contribution in [0.2, 0.25) is 0 Å². The fourth-order valence-electron chi connectivity index (χ4n) is 3.03. The van der Waals surface area contributed by atoms with Gasteiger partial charge in [-0.25, -0.2) is 8.42 Å². The quantitative estimate of drug-likeness (QED) is 0.434. The highest BCUT2D eigenvalue weighted by atomic mass is 32.2. The summed E-state index contributed by atoms with van der Waals surface area (Å²) in [5, 5.41) is 1.72. The van der Waals surface area contributed by atoms with Gasteiger partial charge in [0.1, 0.15) is 10.8 Å². The zero-order valence-electron chi connectivity index (χ0n) is 15.3. The first kappa shape index (κ1) is 18.5. The number of nitrogens with zero attached hydrogens (tertiary/aromatic N) is 1. The van der Waals surface area contributed by atoms with Gasteiger partial charge in [0, 0.05) is 4.70 Å². The van der Waals surface area contributed by atoms with E-state index in [0.717, 1.165) is 15.6 Å². The maximum Gasteiger partial charge on any atom is 0.265 e. The third kappa shape index (κ3) is 3.61. The molecule has 0 saturated heterocycles. The minimum atomic E-state index is -3.72. The standard InChI is InChI=1S/C22H19NO3S2/c1-26-19-10-7-8-17(14-19)16-23(28(24,25)20-11-3-2-4-12-20)22-15-18-9-5-6-13-21(18)27-22/h2-15H,16H2,1H3. The summed E-state index contributed by atoms with van der Waals surface area (Å²) >= 11 is 1.47. The Hall–Kier alpha value is -2.83. The van der Waals surface area contributed by atoms with Crippen LogP contribution in [0.25, 0.3) is 10.1 Å². The molecule has 0 radical (unpaired) electrons. The molecular formula is C22H19NO3S2. The van der Waals surface area contributed by atoms with E-state index in [-0.39, 0.29) is 11.4 Å². The lowest BCUT2D eigenvalue weighted by atomic mass is 10.2. The largest absolute Gasteiger partial charge is 0.497 e. The van der Waals surface area contributed by atoms with Gasteiger partial charge in [-0.15, -0.1) is 11.3 Å². The Balaban J connectivity index is 1.82. The number of rotatable bonds is 6. The van der Waals surface area contributed by atoms with E-state index in [2.05, 4.69) is 0 Å². The molecule has 28 heavy (non-hydrogen) atoms. The minimum Gasteiger partial charge on any atom is -0.497 e. The molecule has 4 aromatic rings. The molecule has 0 unspecified atom stereocenters. The topological polar surface area (TPSA) is 46.6 Å². The zero-order chi connectivity index (χ0) is 19.6. The average Bonchev–Trinajstić information content (AvgIpc) is 3.16. The second-order valence-corrected chi connectivity index (χ2v) is 9.22. The van der Waals surface area contributed by atoms with Crippen molar-refractivity contribution in [2.24, 2.45) is 0 Å². The van der Waals surface area contributed by atoms with Crippen LogP contribution in [0.4, 0.5) is 5.00 Å². The lowest BCUT2D eigenvalue weighted by Gasteiger charge is -2.23. The van der Waals surface area contributed by atoms with Gasteiger partial charge >= 0.3 is 0 Å². The third-order valence-electron chi connectivity index (χ3n) is 4.45. The van der Waals surface area contributed by atoms with Crippen LogP contribution in [0, 0.1) is 0 Å². The summed E-state index contributed by atoms with van der Waals surface area (Å²) in [4.78, 5) is 0.273. The number of thiophene rings is 1. The Labute approximate surface area is 168 Å². The van der Waals surface area contributed by atoms with Crippen LogP contribution in [0.5, 0.6) is 5.75 Å². The minimum absolute atomic E-state index is 0.223. The summed E-state index contributed by atoms with van der Waals surface area (Å²) in [7, 11) is -2.12. The number of anilines is 1. The lowest BCUT2D eigenvalue weighted by Crippen LogP contribution is -2.29. The highest BCUT2D eigenvalue weighted by molar-refractivity contribution is 7.93. The molecule has 0 atom stereocenters. The Kier molecular flexibility index (Phi) is 5.07. The van der Waals surface area contributed by atoms with Crippen molar-refractivity contribution in [2.45, 2.75) is 11.4 Å². The van der Waals surface area contributed by atoms with E-state index in [9.17, 15) is 8.42 Å². The van der Waals surface area contributed by atoms with Crippen LogP contribution in [-0.2, 0) is 16.6 Å². The SMILES string of the molecule is COc1cccc(CN(c2cc3ccccc3s2)S(=O)(=O)c2ccccc2)c1. The van der Waals surface area contributed by atoms with Gasteiger partial charge in [0.25, 0.3) is 10.0 Å². The molecule has 0 N–H and O–H groups in total. The molecule has 0 saturated carbocycles. The van der Waals surface area contributed by atoms with E-state index >= 15 is 0 Å². The van der Waals surface area contributed by atoms with Crippen molar-refractivity contribution in [3.63, 3.8) is 0 Å². The number of hydrogen-bond acceptors (Lipinski definition) is 4. The van der Waals surface area contributed by atoms with Crippen LogP contribution < -0.4 is 9.04 Å². The predicted octanol–water partition coefficient (Wildman–Crippen LogP) is 5.31. The van der Waals surface area contributed by atoms with E-state index in [1.165, 1.54) is 15.6 Å². The van der Waals surface area contributed by atoms with E-state index in [1.54, 1.807) is 31.4 Å². The lowest BCUT2D eigenvalue weighted by molar-refractivity contribution is 0.414.